The van der Waals surface area contributed by atoms with Crippen LogP contribution in [0, 0.1) is 0 Å². The Morgan fingerprint density at radius 2 is 0.944 bits per heavy atom. The Kier molecular flexibility index (Phi) is 6.53. The molecule has 0 aromatic carbocycles. The molecule has 0 aliphatic rings. The highest BCUT2D eigenvalue weighted by molar-refractivity contribution is 7.17. The molecule has 0 rings (SSSR count). The van der Waals surface area contributed by atoms with E-state index in [0.29, 0.717) is 0 Å². The Bertz CT molecular complexity index is 278. The molecule has 0 bridgehead atoms. The number of halogens is 1. The molecule has 110 valence electrons. The molecule has 0 unspecified atom stereocenters. The SMILES string of the molecule is CO[Si](C)(C)O[Si](C)(C)O[Si](C)(C)O[Si](C)(C)Cl. The van der Waals surface area contributed by atoms with Crippen LogP contribution in [0.3, 0.4) is 0 Å². The van der Waals surface area contributed by atoms with E-state index in [-0.39, 0.29) is 0 Å². The average molecular weight is 347 g/mol. The van der Waals surface area contributed by atoms with E-state index in [2.05, 4.69) is 0 Å². The van der Waals surface area contributed by atoms with Gasteiger partial charge in [0.1, 0.15) is 0 Å². The van der Waals surface area contributed by atoms with Crippen LogP contribution in [0.15, 0.2) is 0 Å². The molecule has 0 spiro atoms. The van der Waals surface area contributed by atoms with Crippen molar-refractivity contribution in [2.45, 2.75) is 52.4 Å². The summed E-state index contributed by atoms with van der Waals surface area (Å²) in [7, 11) is -7.02. The number of rotatable bonds is 7. The van der Waals surface area contributed by atoms with Crippen LogP contribution in [-0.4, -0.2) is 40.4 Å². The predicted octanol–water partition coefficient (Wildman–Crippen LogP) is 3.73. The summed E-state index contributed by atoms with van der Waals surface area (Å²) in [6.07, 6.45) is 0. The van der Waals surface area contributed by atoms with Gasteiger partial charge in [0, 0.05) is 7.11 Å². The fraction of sp³-hybridized carbons (Fsp3) is 1.00. The van der Waals surface area contributed by atoms with Crippen molar-refractivity contribution in [2.75, 3.05) is 7.11 Å². The van der Waals surface area contributed by atoms with E-state index in [4.69, 9.17) is 27.9 Å². The maximum atomic E-state index is 6.24. The molecule has 9 heteroatoms. The smallest absolute Gasteiger partial charge is 0.322 e. The third-order valence-corrected chi connectivity index (χ3v) is 15.4. The van der Waals surface area contributed by atoms with Crippen molar-refractivity contribution in [1.82, 2.24) is 0 Å². The lowest BCUT2D eigenvalue weighted by Crippen LogP contribution is -2.56. The van der Waals surface area contributed by atoms with E-state index >= 15 is 0 Å². The average Bonchev–Trinajstić information content (AvgIpc) is 1.93. The van der Waals surface area contributed by atoms with E-state index in [0.717, 1.165) is 0 Å². The summed E-state index contributed by atoms with van der Waals surface area (Å²) in [5.74, 6) is 0. The summed E-state index contributed by atoms with van der Waals surface area (Å²) in [5.41, 5.74) is 0. The maximum absolute atomic E-state index is 6.24. The molecule has 4 nitrogen and oxygen atoms in total. The molecule has 18 heavy (non-hydrogen) atoms. The molecular formula is C9H27ClO4Si4. The quantitative estimate of drug-likeness (QED) is 0.520. The lowest BCUT2D eigenvalue weighted by atomic mass is 11.8. The molecular weight excluding hydrogens is 320 g/mol. The van der Waals surface area contributed by atoms with Crippen LogP contribution < -0.4 is 0 Å². The van der Waals surface area contributed by atoms with Crippen molar-refractivity contribution in [1.29, 1.82) is 0 Å². The monoisotopic (exact) mass is 346 g/mol. The number of hydrogen-bond acceptors (Lipinski definition) is 4. The standard InChI is InChI=1S/C9H27ClO4Si4/c1-11-16(4,5)13-18(8,9)14-17(6,7)12-15(2,3)10/h1-9H3. The Balaban J connectivity index is 4.66. The van der Waals surface area contributed by atoms with Gasteiger partial charge in [-0.05, 0) is 52.4 Å². The molecule has 0 aliphatic heterocycles. The van der Waals surface area contributed by atoms with Gasteiger partial charge < -0.3 is 16.8 Å². The highest BCUT2D eigenvalue weighted by Crippen LogP contribution is 2.24. The Morgan fingerprint density at radius 1 is 0.611 bits per heavy atom. The summed E-state index contributed by atoms with van der Waals surface area (Å²) in [6, 6.07) is 0. The van der Waals surface area contributed by atoms with E-state index in [1.54, 1.807) is 7.11 Å². The first-order valence-electron chi connectivity index (χ1n) is 6.03. The van der Waals surface area contributed by atoms with Crippen LogP contribution in [0.5, 0.6) is 0 Å². The molecule has 0 radical (unpaired) electrons. The summed E-state index contributed by atoms with van der Waals surface area (Å²) in [5, 5.41) is 0. The van der Waals surface area contributed by atoms with Gasteiger partial charge in [-0.15, -0.1) is 11.1 Å². The van der Waals surface area contributed by atoms with Crippen molar-refractivity contribution in [3.8, 4) is 0 Å². The lowest BCUT2D eigenvalue weighted by molar-refractivity contribution is 0.266. The molecule has 0 amide bonds. The fourth-order valence-corrected chi connectivity index (χ4v) is 19.1. The van der Waals surface area contributed by atoms with Gasteiger partial charge in [0.2, 0.25) is 0 Å². The summed E-state index contributed by atoms with van der Waals surface area (Å²) < 4.78 is 23.6. The van der Waals surface area contributed by atoms with Crippen molar-refractivity contribution in [3.05, 3.63) is 0 Å². The predicted molar refractivity (Wildman–Crippen MR) is 86.0 cm³/mol. The lowest BCUT2D eigenvalue weighted by Gasteiger charge is -2.38. The molecule has 0 aromatic heterocycles. The van der Waals surface area contributed by atoms with Crippen molar-refractivity contribution in [3.63, 3.8) is 0 Å². The largest absolute Gasteiger partial charge is 0.425 e. The summed E-state index contributed by atoms with van der Waals surface area (Å²) >= 11 is 6.24. The Hall–Kier alpha value is 0.998. The molecule has 0 aliphatic carbocycles. The van der Waals surface area contributed by atoms with Gasteiger partial charge in [-0.1, -0.05) is 0 Å². The maximum Gasteiger partial charge on any atom is 0.322 e. The van der Waals surface area contributed by atoms with Crippen LogP contribution in [0.25, 0.3) is 0 Å². The zero-order chi connectivity index (χ0) is 14.8. The minimum absolute atomic E-state index is 1.69. The van der Waals surface area contributed by atoms with Crippen LogP contribution in [0.2, 0.25) is 52.4 Å². The first-order chi connectivity index (χ1) is 7.68. The van der Waals surface area contributed by atoms with Crippen LogP contribution in [0.1, 0.15) is 0 Å². The first kappa shape index (κ1) is 19.0. The van der Waals surface area contributed by atoms with Gasteiger partial charge in [-0.3, -0.25) is 0 Å². The molecule has 0 fully saturated rings. The Morgan fingerprint density at radius 3 is 1.28 bits per heavy atom. The van der Waals surface area contributed by atoms with Crippen LogP contribution in [-0.2, 0) is 16.8 Å². The van der Waals surface area contributed by atoms with Crippen molar-refractivity contribution in [2.24, 2.45) is 0 Å². The van der Waals surface area contributed by atoms with Gasteiger partial charge in [0.15, 0.2) is 0 Å². The second-order valence-electron chi connectivity index (χ2n) is 6.07. The molecule has 0 saturated heterocycles. The zero-order valence-electron chi connectivity index (χ0n) is 13.0. The first-order valence-corrected chi connectivity index (χ1v) is 18.4. The van der Waals surface area contributed by atoms with E-state index < -0.39 is 33.3 Å². The minimum Gasteiger partial charge on any atom is -0.425 e. The van der Waals surface area contributed by atoms with Gasteiger partial charge in [-0.2, -0.15) is 0 Å². The summed E-state index contributed by atoms with van der Waals surface area (Å²) in [4.78, 5) is 0. The minimum atomic E-state index is -2.26. The second kappa shape index (κ2) is 6.18. The molecule has 0 heterocycles. The van der Waals surface area contributed by atoms with E-state index in [1.807, 2.05) is 52.4 Å². The number of hydrogen-bond donors (Lipinski definition) is 0. The van der Waals surface area contributed by atoms with Crippen molar-refractivity contribution < 1.29 is 16.8 Å². The topological polar surface area (TPSA) is 36.9 Å². The third kappa shape index (κ3) is 8.99. The summed E-state index contributed by atoms with van der Waals surface area (Å²) in [6.45, 7) is 16.0. The Labute approximate surface area is 121 Å². The van der Waals surface area contributed by atoms with E-state index in [1.165, 1.54) is 0 Å². The van der Waals surface area contributed by atoms with Gasteiger partial charge in [0.05, 0.1) is 0 Å². The van der Waals surface area contributed by atoms with Gasteiger partial charge in [-0.25, -0.2) is 0 Å². The molecule has 0 atom stereocenters. The highest BCUT2D eigenvalue weighted by Gasteiger charge is 2.43. The zero-order valence-corrected chi connectivity index (χ0v) is 17.8. The van der Waals surface area contributed by atoms with Gasteiger partial charge >= 0.3 is 25.7 Å². The van der Waals surface area contributed by atoms with Crippen LogP contribution in [0.4, 0.5) is 0 Å². The highest BCUT2D eigenvalue weighted by atomic mass is 35.6. The molecule has 0 N–H and O–H groups in total. The normalized spacial score (nSPS) is 15.0. The van der Waals surface area contributed by atoms with Gasteiger partial charge in [0.25, 0.3) is 7.63 Å². The fourth-order valence-electron chi connectivity index (χ4n) is 1.85. The third-order valence-electron chi connectivity index (χ3n) is 1.96. The second-order valence-corrected chi connectivity index (χ2v) is 22.8. The van der Waals surface area contributed by atoms with Crippen molar-refractivity contribution >= 4 is 44.4 Å². The van der Waals surface area contributed by atoms with Crippen LogP contribution >= 0.6 is 11.1 Å². The molecule has 0 saturated carbocycles. The van der Waals surface area contributed by atoms with E-state index in [9.17, 15) is 0 Å². The molecule has 0 aromatic rings.